The zero-order valence-electron chi connectivity index (χ0n) is 20.7. The maximum Gasteiger partial charge on any atom is 0.251 e. The first-order valence-electron chi connectivity index (χ1n) is 12.0. The first kappa shape index (κ1) is 26.4. The fraction of sp³-hybridized carbons (Fsp3) is 0.259. The largest absolute Gasteiger partial charge is 0.365 e. The highest BCUT2D eigenvalue weighted by atomic mass is 35.5. The predicted octanol–water partition coefficient (Wildman–Crippen LogP) is 5.84. The van der Waals surface area contributed by atoms with Gasteiger partial charge in [-0.1, -0.05) is 49.2 Å². The Labute approximate surface area is 226 Å². The van der Waals surface area contributed by atoms with Crippen LogP contribution in [0.25, 0.3) is 5.82 Å². The number of hydrogen-bond donors (Lipinski definition) is 3. The van der Waals surface area contributed by atoms with Crippen molar-refractivity contribution in [3.05, 3.63) is 94.5 Å². The molecule has 1 amide bonds. The topological polar surface area (TPSA) is 96.8 Å². The van der Waals surface area contributed by atoms with Gasteiger partial charge in [-0.05, 0) is 54.3 Å². The fourth-order valence-electron chi connectivity index (χ4n) is 3.83. The number of carbonyl (C=O) groups is 1. The minimum atomic E-state index is -0.155. The number of nitrogens with zero attached hydrogens (tertiary/aromatic N) is 4. The van der Waals surface area contributed by atoms with Gasteiger partial charge >= 0.3 is 0 Å². The Hall–Kier alpha value is -3.62. The number of nitrogens with one attached hydrogen (secondary N) is 3. The molecule has 4 rings (SSSR count). The SMILES string of the molecule is CC(C)C[C@@H](CNC(=O)c1ccc(Cl)cc1)Nc1cc(-n2ccnc2)nc(NCc2cccc(Cl)c2)n1. The summed E-state index contributed by atoms with van der Waals surface area (Å²) in [7, 11) is 0. The minimum absolute atomic E-state index is 0.0532. The number of halogens is 2. The summed E-state index contributed by atoms with van der Waals surface area (Å²) >= 11 is 12.1. The summed E-state index contributed by atoms with van der Waals surface area (Å²) in [6.45, 7) is 5.23. The van der Waals surface area contributed by atoms with Crippen LogP contribution in [0.2, 0.25) is 10.0 Å². The molecule has 2 aromatic heterocycles. The third-order valence-electron chi connectivity index (χ3n) is 5.54. The zero-order valence-corrected chi connectivity index (χ0v) is 22.2. The van der Waals surface area contributed by atoms with E-state index >= 15 is 0 Å². The number of benzene rings is 2. The zero-order chi connectivity index (χ0) is 26.2. The van der Waals surface area contributed by atoms with Crippen LogP contribution >= 0.6 is 23.2 Å². The van der Waals surface area contributed by atoms with Gasteiger partial charge in [0.15, 0.2) is 0 Å². The van der Waals surface area contributed by atoms with Crippen LogP contribution in [0.4, 0.5) is 11.8 Å². The molecule has 10 heteroatoms. The summed E-state index contributed by atoms with van der Waals surface area (Å²) in [5.74, 6) is 2.01. The maximum absolute atomic E-state index is 12.7. The van der Waals surface area contributed by atoms with E-state index in [1.54, 1.807) is 36.8 Å². The Morgan fingerprint density at radius 3 is 2.54 bits per heavy atom. The van der Waals surface area contributed by atoms with Crippen molar-refractivity contribution in [3.8, 4) is 5.82 Å². The van der Waals surface area contributed by atoms with Crippen molar-refractivity contribution in [2.24, 2.45) is 5.92 Å². The molecule has 37 heavy (non-hydrogen) atoms. The molecule has 8 nitrogen and oxygen atoms in total. The Balaban J connectivity index is 1.51. The Kier molecular flexibility index (Phi) is 8.98. The molecule has 0 saturated heterocycles. The predicted molar refractivity (Wildman–Crippen MR) is 149 cm³/mol. The number of rotatable bonds is 11. The average molecular weight is 538 g/mol. The van der Waals surface area contributed by atoms with E-state index in [1.807, 2.05) is 41.1 Å². The second-order valence-corrected chi connectivity index (χ2v) is 9.95. The van der Waals surface area contributed by atoms with Crippen LogP contribution in [-0.2, 0) is 6.54 Å². The molecule has 0 spiro atoms. The molecule has 0 unspecified atom stereocenters. The fourth-order valence-corrected chi connectivity index (χ4v) is 4.17. The Morgan fingerprint density at radius 1 is 1.03 bits per heavy atom. The van der Waals surface area contributed by atoms with Gasteiger partial charge in [0.1, 0.15) is 18.0 Å². The van der Waals surface area contributed by atoms with Crippen LogP contribution in [0.1, 0.15) is 36.2 Å². The molecule has 3 N–H and O–H groups in total. The van der Waals surface area contributed by atoms with E-state index < -0.39 is 0 Å². The van der Waals surface area contributed by atoms with Crippen molar-refractivity contribution in [1.29, 1.82) is 0 Å². The van der Waals surface area contributed by atoms with Gasteiger partial charge in [-0.15, -0.1) is 0 Å². The van der Waals surface area contributed by atoms with E-state index in [-0.39, 0.29) is 11.9 Å². The number of aromatic nitrogens is 4. The van der Waals surface area contributed by atoms with E-state index in [9.17, 15) is 4.79 Å². The molecule has 2 heterocycles. The van der Waals surface area contributed by atoms with Crippen molar-refractivity contribution < 1.29 is 4.79 Å². The van der Waals surface area contributed by atoms with Crippen LogP contribution < -0.4 is 16.0 Å². The van der Waals surface area contributed by atoms with E-state index in [2.05, 4.69) is 39.8 Å². The Morgan fingerprint density at radius 2 is 1.84 bits per heavy atom. The molecule has 0 aliphatic heterocycles. The lowest BCUT2D eigenvalue weighted by molar-refractivity contribution is 0.0951. The molecule has 0 radical (unpaired) electrons. The second-order valence-electron chi connectivity index (χ2n) is 9.08. The average Bonchev–Trinajstić information content (AvgIpc) is 3.41. The lowest BCUT2D eigenvalue weighted by Gasteiger charge is -2.22. The van der Waals surface area contributed by atoms with Gasteiger partial charge in [-0.25, -0.2) is 4.98 Å². The molecule has 0 fully saturated rings. The van der Waals surface area contributed by atoms with Gasteiger partial charge in [0, 0.05) is 53.2 Å². The van der Waals surface area contributed by atoms with Crippen molar-refractivity contribution >= 4 is 40.9 Å². The van der Waals surface area contributed by atoms with Crippen LogP contribution in [-0.4, -0.2) is 38.0 Å². The highest BCUT2D eigenvalue weighted by Crippen LogP contribution is 2.18. The lowest BCUT2D eigenvalue weighted by atomic mass is 10.0. The van der Waals surface area contributed by atoms with Crippen LogP contribution in [0, 0.1) is 5.92 Å². The van der Waals surface area contributed by atoms with Crippen molar-refractivity contribution in [3.63, 3.8) is 0 Å². The molecule has 0 bridgehead atoms. The standard InChI is InChI=1S/C27H29Cl2N7O/c1-18(2)12-23(16-31-26(37)20-6-8-21(28)9-7-20)33-24-14-25(36-11-10-30-17-36)35-27(34-24)32-15-19-4-3-5-22(29)13-19/h3-11,13-14,17-18,23H,12,15-16H2,1-2H3,(H,31,37)(H2,32,33,34,35)/t23-/m0/s1. The lowest BCUT2D eigenvalue weighted by Crippen LogP contribution is -2.37. The molecule has 1 atom stereocenters. The number of anilines is 2. The van der Waals surface area contributed by atoms with E-state index in [0.29, 0.717) is 52.2 Å². The third kappa shape index (κ3) is 7.93. The van der Waals surface area contributed by atoms with Crippen LogP contribution in [0.15, 0.2) is 73.3 Å². The highest BCUT2D eigenvalue weighted by molar-refractivity contribution is 6.30. The van der Waals surface area contributed by atoms with Crippen molar-refractivity contribution in [1.82, 2.24) is 24.8 Å². The molecule has 0 saturated carbocycles. The quantitative estimate of drug-likeness (QED) is 0.222. The molecule has 4 aromatic rings. The molecular formula is C27H29Cl2N7O. The second kappa shape index (κ2) is 12.6. The number of hydrogen-bond acceptors (Lipinski definition) is 6. The van der Waals surface area contributed by atoms with E-state index in [1.165, 1.54) is 0 Å². The normalized spacial score (nSPS) is 11.8. The summed E-state index contributed by atoms with van der Waals surface area (Å²) in [6, 6.07) is 16.3. The van der Waals surface area contributed by atoms with Gasteiger partial charge in [-0.2, -0.15) is 9.97 Å². The molecule has 0 aliphatic rings. The summed E-state index contributed by atoms with van der Waals surface area (Å²) in [4.78, 5) is 26.1. The number of imidazole rings is 1. The monoisotopic (exact) mass is 537 g/mol. The minimum Gasteiger partial charge on any atom is -0.365 e. The molecule has 2 aromatic carbocycles. The van der Waals surface area contributed by atoms with Gasteiger partial charge in [-0.3, -0.25) is 9.36 Å². The number of amides is 1. The van der Waals surface area contributed by atoms with Gasteiger partial charge in [0.25, 0.3) is 5.91 Å². The summed E-state index contributed by atoms with van der Waals surface area (Å²) in [6.07, 6.45) is 6.04. The van der Waals surface area contributed by atoms with Crippen LogP contribution in [0.5, 0.6) is 0 Å². The van der Waals surface area contributed by atoms with Gasteiger partial charge in [0.05, 0.1) is 0 Å². The van der Waals surface area contributed by atoms with Crippen LogP contribution in [0.3, 0.4) is 0 Å². The Bertz CT molecular complexity index is 1310. The van der Waals surface area contributed by atoms with Crippen molar-refractivity contribution in [2.45, 2.75) is 32.9 Å². The summed E-state index contributed by atoms with van der Waals surface area (Å²) < 4.78 is 1.82. The maximum atomic E-state index is 12.7. The molecule has 192 valence electrons. The van der Waals surface area contributed by atoms with Gasteiger partial charge in [0.2, 0.25) is 5.95 Å². The first-order valence-corrected chi connectivity index (χ1v) is 12.8. The number of carbonyl (C=O) groups excluding carboxylic acids is 1. The summed E-state index contributed by atoms with van der Waals surface area (Å²) in [5, 5.41) is 11.1. The van der Waals surface area contributed by atoms with E-state index in [4.69, 9.17) is 28.2 Å². The molecule has 0 aliphatic carbocycles. The van der Waals surface area contributed by atoms with Gasteiger partial charge < -0.3 is 16.0 Å². The van der Waals surface area contributed by atoms with E-state index in [0.717, 1.165) is 12.0 Å². The molecular weight excluding hydrogens is 509 g/mol. The van der Waals surface area contributed by atoms with Crippen molar-refractivity contribution in [2.75, 3.05) is 17.2 Å². The highest BCUT2D eigenvalue weighted by Gasteiger charge is 2.16. The summed E-state index contributed by atoms with van der Waals surface area (Å²) in [5.41, 5.74) is 1.57. The third-order valence-corrected chi connectivity index (χ3v) is 6.03. The first-order chi connectivity index (χ1) is 17.9. The smallest absolute Gasteiger partial charge is 0.251 e.